The van der Waals surface area contributed by atoms with Crippen LogP contribution in [0.15, 0.2) is 85.2 Å². The van der Waals surface area contributed by atoms with Crippen LogP contribution in [-0.2, 0) is 0 Å². The van der Waals surface area contributed by atoms with E-state index in [1.54, 1.807) is 12.1 Å². The normalized spacial score (nSPS) is 10.4. The molecule has 0 aliphatic rings. The number of halogens is 1. The average molecular weight is 387 g/mol. The van der Waals surface area contributed by atoms with E-state index in [4.69, 9.17) is 10.5 Å². The van der Waals surface area contributed by atoms with Gasteiger partial charge in [0.2, 0.25) is 0 Å². The predicted molar refractivity (Wildman–Crippen MR) is 112 cm³/mol. The number of ether oxygens (including phenoxy) is 1. The average Bonchev–Trinajstić information content (AvgIpc) is 2.75. The Kier molecular flexibility index (Phi) is 5.20. The fourth-order valence-corrected chi connectivity index (χ4v) is 2.63. The maximum Gasteiger partial charge on any atom is 0.159 e. The lowest BCUT2D eigenvalue weighted by atomic mass is 10.3. The van der Waals surface area contributed by atoms with Crippen molar-refractivity contribution in [1.82, 2.24) is 9.97 Å². The van der Waals surface area contributed by atoms with Crippen LogP contribution in [0.3, 0.4) is 0 Å². The lowest BCUT2D eigenvalue weighted by Crippen LogP contribution is -2.05. The summed E-state index contributed by atoms with van der Waals surface area (Å²) in [7, 11) is 0. The van der Waals surface area contributed by atoms with Gasteiger partial charge in [-0.15, -0.1) is 0 Å². The second kappa shape index (κ2) is 8.26. The molecular weight excluding hydrogens is 369 g/mol. The molecular formula is C22H18FN5O. The standard InChI is InChI=1S/C22H18FN5O/c23-15-6-8-16(9-7-15)27-21-20(24)22(26-14-25-21)28-17-10-12-19(13-11-17)29-18-4-2-1-3-5-18/h1-14H,24H2,(H2,25,26,27,28). The Hall–Kier alpha value is -4.13. The fraction of sp³-hybridized carbons (Fsp3) is 0. The van der Waals surface area contributed by atoms with Gasteiger partial charge in [-0.05, 0) is 60.7 Å². The minimum atomic E-state index is -0.312. The fourth-order valence-electron chi connectivity index (χ4n) is 2.63. The van der Waals surface area contributed by atoms with Gasteiger partial charge in [-0.2, -0.15) is 0 Å². The first-order chi connectivity index (χ1) is 14.2. The number of rotatable bonds is 6. The number of nitrogens with two attached hydrogens (primary N) is 1. The molecule has 7 heteroatoms. The van der Waals surface area contributed by atoms with Gasteiger partial charge in [-0.3, -0.25) is 0 Å². The molecule has 0 spiro atoms. The van der Waals surface area contributed by atoms with Crippen LogP contribution in [-0.4, -0.2) is 9.97 Å². The molecule has 6 nitrogen and oxygen atoms in total. The number of nitrogen functional groups attached to an aromatic ring is 1. The highest BCUT2D eigenvalue weighted by atomic mass is 19.1. The maximum absolute atomic E-state index is 13.1. The Morgan fingerprint density at radius 1 is 0.690 bits per heavy atom. The van der Waals surface area contributed by atoms with Crippen molar-refractivity contribution in [2.24, 2.45) is 0 Å². The minimum Gasteiger partial charge on any atom is -0.457 e. The van der Waals surface area contributed by atoms with Gasteiger partial charge in [0, 0.05) is 11.4 Å². The van der Waals surface area contributed by atoms with E-state index in [2.05, 4.69) is 20.6 Å². The van der Waals surface area contributed by atoms with Crippen LogP contribution < -0.4 is 21.1 Å². The Balaban J connectivity index is 1.47. The summed E-state index contributed by atoms with van der Waals surface area (Å²) in [4.78, 5) is 8.36. The Bertz CT molecular complexity index is 1090. The van der Waals surface area contributed by atoms with Gasteiger partial charge < -0.3 is 21.1 Å². The summed E-state index contributed by atoms with van der Waals surface area (Å²) in [6.07, 6.45) is 1.40. The summed E-state index contributed by atoms with van der Waals surface area (Å²) in [5.74, 6) is 2.06. The first-order valence-corrected chi connectivity index (χ1v) is 8.90. The third kappa shape index (κ3) is 4.59. The molecule has 0 bridgehead atoms. The third-order valence-corrected chi connectivity index (χ3v) is 4.09. The number of hydrogen-bond acceptors (Lipinski definition) is 6. The second-order valence-corrected chi connectivity index (χ2v) is 6.18. The molecule has 4 aromatic rings. The van der Waals surface area contributed by atoms with Crippen LogP contribution in [0, 0.1) is 5.82 Å². The molecule has 0 aliphatic carbocycles. The number of para-hydroxylation sites is 1. The van der Waals surface area contributed by atoms with Crippen molar-refractivity contribution in [1.29, 1.82) is 0 Å². The van der Waals surface area contributed by atoms with Gasteiger partial charge in [0.1, 0.15) is 29.3 Å². The van der Waals surface area contributed by atoms with Crippen molar-refractivity contribution in [3.8, 4) is 11.5 Å². The largest absolute Gasteiger partial charge is 0.457 e. The van der Waals surface area contributed by atoms with Crippen LogP contribution in [0.1, 0.15) is 0 Å². The van der Waals surface area contributed by atoms with Crippen molar-refractivity contribution in [2.45, 2.75) is 0 Å². The van der Waals surface area contributed by atoms with E-state index in [1.165, 1.54) is 18.5 Å². The van der Waals surface area contributed by atoms with E-state index in [0.717, 1.165) is 17.2 Å². The summed E-state index contributed by atoms with van der Waals surface area (Å²) in [5, 5.41) is 6.23. The van der Waals surface area contributed by atoms with E-state index in [-0.39, 0.29) is 5.82 Å². The maximum atomic E-state index is 13.1. The third-order valence-electron chi connectivity index (χ3n) is 4.09. The summed E-state index contributed by atoms with van der Waals surface area (Å²) < 4.78 is 18.9. The molecule has 3 aromatic carbocycles. The Morgan fingerprint density at radius 2 is 1.21 bits per heavy atom. The molecule has 0 aliphatic heterocycles. The summed E-state index contributed by atoms with van der Waals surface area (Å²) in [6.45, 7) is 0. The van der Waals surface area contributed by atoms with E-state index >= 15 is 0 Å². The van der Waals surface area contributed by atoms with Gasteiger partial charge in [0.25, 0.3) is 0 Å². The van der Waals surface area contributed by atoms with Crippen LogP contribution in [0.4, 0.5) is 33.1 Å². The van der Waals surface area contributed by atoms with Gasteiger partial charge in [0.05, 0.1) is 0 Å². The van der Waals surface area contributed by atoms with Gasteiger partial charge in [-0.1, -0.05) is 18.2 Å². The monoisotopic (exact) mass is 387 g/mol. The number of anilines is 5. The topological polar surface area (TPSA) is 85.1 Å². The lowest BCUT2D eigenvalue weighted by molar-refractivity contribution is 0.483. The van der Waals surface area contributed by atoms with Gasteiger partial charge in [-0.25, -0.2) is 14.4 Å². The highest BCUT2D eigenvalue weighted by Gasteiger charge is 2.09. The molecule has 4 rings (SSSR count). The zero-order valence-electron chi connectivity index (χ0n) is 15.3. The highest BCUT2D eigenvalue weighted by molar-refractivity contribution is 5.80. The first kappa shape index (κ1) is 18.2. The molecule has 0 atom stereocenters. The SMILES string of the molecule is Nc1c(Nc2ccc(F)cc2)ncnc1Nc1ccc(Oc2ccccc2)cc1. The smallest absolute Gasteiger partial charge is 0.159 e. The van der Waals surface area contributed by atoms with E-state index in [1.807, 2.05) is 54.6 Å². The van der Waals surface area contributed by atoms with Crippen LogP contribution in [0.25, 0.3) is 0 Å². The molecule has 0 fully saturated rings. The first-order valence-electron chi connectivity index (χ1n) is 8.90. The number of nitrogens with one attached hydrogen (secondary N) is 2. The molecule has 0 saturated heterocycles. The Labute approximate surface area is 167 Å². The molecule has 0 unspecified atom stereocenters. The molecule has 144 valence electrons. The molecule has 0 amide bonds. The van der Waals surface area contributed by atoms with E-state index < -0.39 is 0 Å². The summed E-state index contributed by atoms with van der Waals surface area (Å²) >= 11 is 0. The number of aromatic nitrogens is 2. The Morgan fingerprint density at radius 3 is 1.79 bits per heavy atom. The van der Waals surface area contributed by atoms with Crippen LogP contribution >= 0.6 is 0 Å². The number of benzene rings is 3. The van der Waals surface area contributed by atoms with Crippen molar-refractivity contribution < 1.29 is 9.13 Å². The van der Waals surface area contributed by atoms with Crippen molar-refractivity contribution in [3.63, 3.8) is 0 Å². The lowest BCUT2D eigenvalue weighted by Gasteiger charge is -2.13. The van der Waals surface area contributed by atoms with Crippen molar-refractivity contribution in [3.05, 3.63) is 91.0 Å². The summed E-state index contributed by atoms with van der Waals surface area (Å²) in [5.41, 5.74) is 8.01. The molecule has 1 aromatic heterocycles. The quantitative estimate of drug-likeness (QED) is 0.406. The van der Waals surface area contributed by atoms with E-state index in [0.29, 0.717) is 23.0 Å². The van der Waals surface area contributed by atoms with E-state index in [9.17, 15) is 4.39 Å². The molecule has 29 heavy (non-hydrogen) atoms. The van der Waals surface area contributed by atoms with Crippen molar-refractivity contribution in [2.75, 3.05) is 16.4 Å². The van der Waals surface area contributed by atoms with Crippen molar-refractivity contribution >= 4 is 28.7 Å². The summed E-state index contributed by atoms with van der Waals surface area (Å²) in [6, 6.07) is 22.9. The molecule has 1 heterocycles. The predicted octanol–water partition coefficient (Wildman–Crippen LogP) is 5.48. The second-order valence-electron chi connectivity index (χ2n) is 6.18. The molecule has 0 radical (unpaired) electrons. The number of hydrogen-bond donors (Lipinski definition) is 3. The molecule has 4 N–H and O–H groups in total. The van der Waals surface area contributed by atoms with Crippen LogP contribution in [0.5, 0.6) is 11.5 Å². The zero-order chi connectivity index (χ0) is 20.1. The molecule has 0 saturated carbocycles. The minimum absolute atomic E-state index is 0.312. The zero-order valence-corrected chi connectivity index (χ0v) is 15.3. The van der Waals surface area contributed by atoms with Gasteiger partial charge in [0.15, 0.2) is 11.6 Å². The number of nitrogens with zero attached hydrogens (tertiary/aromatic N) is 2. The van der Waals surface area contributed by atoms with Gasteiger partial charge >= 0.3 is 0 Å². The highest BCUT2D eigenvalue weighted by Crippen LogP contribution is 2.29. The van der Waals surface area contributed by atoms with Crippen LogP contribution in [0.2, 0.25) is 0 Å².